The SMILES string of the molecule is ClC(Cl)(Cl)C[C@H]1CN(Cc2ccccc2)C[C@H]1CBr. The van der Waals surface area contributed by atoms with Gasteiger partial charge < -0.3 is 0 Å². The highest BCUT2D eigenvalue weighted by Crippen LogP contribution is 2.39. The van der Waals surface area contributed by atoms with E-state index in [0.29, 0.717) is 18.3 Å². The number of rotatable bonds is 4. The molecule has 5 heteroatoms. The molecule has 0 bridgehead atoms. The fraction of sp³-hybridized carbons (Fsp3) is 0.571. The van der Waals surface area contributed by atoms with E-state index in [1.54, 1.807) is 0 Å². The second kappa shape index (κ2) is 7.00. The number of hydrogen-bond donors (Lipinski definition) is 0. The highest BCUT2D eigenvalue weighted by molar-refractivity contribution is 9.09. The maximum atomic E-state index is 5.94. The molecular formula is C14H17BrCl3N. The monoisotopic (exact) mass is 383 g/mol. The molecular weight excluding hydrogens is 368 g/mol. The zero-order valence-electron chi connectivity index (χ0n) is 10.5. The number of hydrogen-bond acceptors (Lipinski definition) is 1. The maximum Gasteiger partial charge on any atom is 0.190 e. The van der Waals surface area contributed by atoms with E-state index in [4.69, 9.17) is 34.8 Å². The smallest absolute Gasteiger partial charge is 0.190 e. The van der Waals surface area contributed by atoms with Crippen LogP contribution >= 0.6 is 50.7 Å². The highest BCUT2D eigenvalue weighted by atomic mass is 79.9. The predicted octanol–water partition coefficient (Wildman–Crippen LogP) is 4.89. The van der Waals surface area contributed by atoms with Crippen LogP contribution in [-0.2, 0) is 6.54 Å². The van der Waals surface area contributed by atoms with E-state index in [-0.39, 0.29) is 0 Å². The Bertz CT molecular complexity index is 393. The van der Waals surface area contributed by atoms with Gasteiger partial charge in [-0.05, 0) is 23.8 Å². The zero-order valence-corrected chi connectivity index (χ0v) is 14.4. The van der Waals surface area contributed by atoms with Gasteiger partial charge in [0.2, 0.25) is 0 Å². The molecule has 0 aromatic heterocycles. The standard InChI is InChI=1S/C14H17BrCl3N/c15-7-13-10-19(8-11-4-2-1-3-5-11)9-12(13)6-14(16,17)18/h1-5,12-13H,6-10H2/t12-,13+/m0/s1. The molecule has 0 amide bonds. The molecule has 0 aliphatic carbocycles. The highest BCUT2D eigenvalue weighted by Gasteiger charge is 2.36. The molecule has 0 unspecified atom stereocenters. The summed E-state index contributed by atoms with van der Waals surface area (Å²) in [6, 6.07) is 10.5. The normalized spacial score (nSPS) is 24.8. The van der Waals surface area contributed by atoms with Crippen LogP contribution < -0.4 is 0 Å². The Balaban J connectivity index is 1.95. The zero-order chi connectivity index (χ0) is 13.9. The van der Waals surface area contributed by atoms with Gasteiger partial charge in [0, 0.05) is 25.0 Å². The average molecular weight is 386 g/mol. The summed E-state index contributed by atoms with van der Waals surface area (Å²) in [5.41, 5.74) is 1.34. The number of likely N-dealkylation sites (tertiary alicyclic amines) is 1. The minimum atomic E-state index is -1.14. The van der Waals surface area contributed by atoms with Crippen LogP contribution in [0, 0.1) is 11.8 Å². The molecule has 1 saturated heterocycles. The largest absolute Gasteiger partial charge is 0.298 e. The second-order valence-corrected chi connectivity index (χ2v) is 8.34. The van der Waals surface area contributed by atoms with Crippen LogP contribution in [0.4, 0.5) is 0 Å². The Morgan fingerprint density at radius 1 is 1.11 bits per heavy atom. The molecule has 0 saturated carbocycles. The van der Waals surface area contributed by atoms with Crippen molar-refractivity contribution in [2.75, 3.05) is 18.4 Å². The molecule has 0 spiro atoms. The van der Waals surface area contributed by atoms with Gasteiger partial charge in [-0.1, -0.05) is 81.1 Å². The first-order chi connectivity index (χ1) is 8.98. The van der Waals surface area contributed by atoms with E-state index in [2.05, 4.69) is 45.1 Å². The third-order valence-electron chi connectivity index (χ3n) is 3.59. The molecule has 1 heterocycles. The Kier molecular flexibility index (Phi) is 5.86. The van der Waals surface area contributed by atoms with Crippen molar-refractivity contribution >= 4 is 50.7 Å². The molecule has 2 atom stereocenters. The molecule has 1 aliphatic heterocycles. The summed E-state index contributed by atoms with van der Waals surface area (Å²) in [6.45, 7) is 3.03. The lowest BCUT2D eigenvalue weighted by Gasteiger charge is -2.20. The molecule has 1 aliphatic rings. The molecule has 106 valence electrons. The molecule has 19 heavy (non-hydrogen) atoms. The molecule has 1 aromatic rings. The minimum absolute atomic E-state index is 0.440. The van der Waals surface area contributed by atoms with Gasteiger partial charge in [0.05, 0.1) is 0 Å². The number of halogens is 4. The third-order valence-corrected chi connectivity index (χ3v) is 4.89. The van der Waals surface area contributed by atoms with Gasteiger partial charge in [0.1, 0.15) is 0 Å². The van der Waals surface area contributed by atoms with Crippen LogP contribution in [0.3, 0.4) is 0 Å². The van der Waals surface area contributed by atoms with Gasteiger partial charge in [-0.25, -0.2) is 0 Å². The lowest BCUT2D eigenvalue weighted by Crippen LogP contribution is -2.21. The van der Waals surface area contributed by atoms with Gasteiger partial charge in [-0.3, -0.25) is 4.90 Å². The molecule has 1 nitrogen and oxygen atoms in total. The summed E-state index contributed by atoms with van der Waals surface area (Å²) in [6.07, 6.45) is 0.624. The van der Waals surface area contributed by atoms with E-state index in [9.17, 15) is 0 Å². The maximum absolute atomic E-state index is 5.94. The van der Waals surface area contributed by atoms with Crippen molar-refractivity contribution in [3.8, 4) is 0 Å². The van der Waals surface area contributed by atoms with Gasteiger partial charge in [0.15, 0.2) is 3.79 Å². The minimum Gasteiger partial charge on any atom is -0.298 e. The first kappa shape index (κ1) is 15.9. The van der Waals surface area contributed by atoms with Crippen LogP contribution in [0.2, 0.25) is 0 Å². The Labute approximate surface area is 138 Å². The summed E-state index contributed by atoms with van der Waals surface area (Å²) in [7, 11) is 0. The van der Waals surface area contributed by atoms with Gasteiger partial charge in [-0.2, -0.15) is 0 Å². The topological polar surface area (TPSA) is 3.24 Å². The van der Waals surface area contributed by atoms with Gasteiger partial charge >= 0.3 is 0 Å². The van der Waals surface area contributed by atoms with Crippen LogP contribution in [0.5, 0.6) is 0 Å². The number of alkyl halides is 4. The first-order valence-electron chi connectivity index (χ1n) is 6.37. The Hall–Kier alpha value is 0.530. The summed E-state index contributed by atoms with van der Waals surface area (Å²) >= 11 is 21.4. The van der Waals surface area contributed by atoms with E-state index in [1.165, 1.54) is 5.56 Å². The summed E-state index contributed by atoms with van der Waals surface area (Å²) < 4.78 is -1.14. The van der Waals surface area contributed by atoms with Gasteiger partial charge in [-0.15, -0.1) is 0 Å². The Morgan fingerprint density at radius 2 is 1.74 bits per heavy atom. The van der Waals surface area contributed by atoms with Crippen molar-refractivity contribution in [1.29, 1.82) is 0 Å². The molecule has 1 fully saturated rings. The van der Waals surface area contributed by atoms with Crippen LogP contribution in [0.1, 0.15) is 12.0 Å². The average Bonchev–Trinajstić information content (AvgIpc) is 2.70. The lowest BCUT2D eigenvalue weighted by molar-refractivity contribution is 0.312. The van der Waals surface area contributed by atoms with Crippen molar-refractivity contribution in [2.45, 2.75) is 16.8 Å². The van der Waals surface area contributed by atoms with Crippen molar-refractivity contribution in [3.05, 3.63) is 35.9 Å². The van der Waals surface area contributed by atoms with Crippen LogP contribution in [0.15, 0.2) is 30.3 Å². The summed E-state index contributed by atoms with van der Waals surface area (Å²) in [4.78, 5) is 2.45. The molecule has 1 aromatic carbocycles. The summed E-state index contributed by atoms with van der Waals surface area (Å²) in [5.74, 6) is 0.995. The third kappa shape index (κ3) is 5.09. The predicted molar refractivity (Wildman–Crippen MR) is 87.4 cm³/mol. The first-order valence-corrected chi connectivity index (χ1v) is 8.62. The molecule has 0 N–H and O–H groups in total. The van der Waals surface area contributed by atoms with Crippen molar-refractivity contribution in [1.82, 2.24) is 4.90 Å². The molecule has 0 radical (unpaired) electrons. The second-order valence-electron chi connectivity index (χ2n) is 5.17. The van der Waals surface area contributed by atoms with E-state index in [0.717, 1.165) is 25.0 Å². The lowest BCUT2D eigenvalue weighted by atomic mass is 9.95. The van der Waals surface area contributed by atoms with Crippen LogP contribution in [-0.4, -0.2) is 27.1 Å². The van der Waals surface area contributed by atoms with E-state index < -0.39 is 3.79 Å². The van der Waals surface area contributed by atoms with Crippen molar-refractivity contribution in [2.24, 2.45) is 11.8 Å². The van der Waals surface area contributed by atoms with E-state index >= 15 is 0 Å². The number of nitrogens with zero attached hydrogens (tertiary/aromatic N) is 1. The quantitative estimate of drug-likeness (QED) is 0.667. The Morgan fingerprint density at radius 3 is 2.32 bits per heavy atom. The van der Waals surface area contributed by atoms with E-state index in [1.807, 2.05) is 6.07 Å². The summed E-state index contributed by atoms with van der Waals surface area (Å²) in [5, 5.41) is 0.962. The van der Waals surface area contributed by atoms with Crippen molar-refractivity contribution in [3.63, 3.8) is 0 Å². The van der Waals surface area contributed by atoms with Gasteiger partial charge in [0.25, 0.3) is 0 Å². The van der Waals surface area contributed by atoms with Crippen LogP contribution in [0.25, 0.3) is 0 Å². The fourth-order valence-electron chi connectivity index (χ4n) is 2.71. The fourth-order valence-corrected chi connectivity index (χ4v) is 4.04. The molecule has 2 rings (SSSR count). The number of benzene rings is 1. The van der Waals surface area contributed by atoms with Crippen molar-refractivity contribution < 1.29 is 0 Å².